The Morgan fingerprint density at radius 3 is 2.70 bits per heavy atom. The lowest BCUT2D eigenvalue weighted by molar-refractivity contribution is -0.123. The number of halogens is 1. The van der Waals surface area contributed by atoms with Gasteiger partial charge in [-0.05, 0) is 29.8 Å². The van der Waals surface area contributed by atoms with Crippen molar-refractivity contribution < 1.29 is 13.9 Å². The second-order valence-electron chi connectivity index (χ2n) is 4.88. The van der Waals surface area contributed by atoms with Crippen molar-refractivity contribution in [2.75, 3.05) is 6.61 Å². The average molecular weight is 311 g/mol. The van der Waals surface area contributed by atoms with E-state index in [4.69, 9.17) is 4.74 Å². The number of hydrogen-bond donors (Lipinski definition) is 1. The summed E-state index contributed by atoms with van der Waals surface area (Å²) in [6.45, 7) is 0.0975. The summed E-state index contributed by atoms with van der Waals surface area (Å²) >= 11 is 0. The molecule has 23 heavy (non-hydrogen) atoms. The topological polar surface area (TPSA) is 64.1 Å². The summed E-state index contributed by atoms with van der Waals surface area (Å²) in [5.74, 6) is -0.760. The fourth-order valence-electron chi connectivity index (χ4n) is 2.08. The van der Waals surface area contributed by atoms with E-state index in [-0.39, 0.29) is 18.3 Å². The highest BCUT2D eigenvalue weighted by molar-refractivity contribution is 5.78. The van der Waals surface area contributed by atoms with Crippen molar-refractivity contribution in [3.8, 4) is 5.75 Å². The van der Waals surface area contributed by atoms with Gasteiger partial charge in [0.15, 0.2) is 18.2 Å². The predicted octanol–water partition coefficient (Wildman–Crippen LogP) is 2.46. The van der Waals surface area contributed by atoms with Crippen LogP contribution in [0.1, 0.15) is 5.56 Å². The van der Waals surface area contributed by atoms with E-state index in [9.17, 15) is 9.18 Å². The maximum atomic E-state index is 13.4. The third-order valence-corrected chi connectivity index (χ3v) is 3.22. The molecular weight excluding hydrogens is 297 g/mol. The van der Waals surface area contributed by atoms with Gasteiger partial charge in [0, 0.05) is 18.9 Å². The molecule has 1 N–H and O–H groups in total. The first kappa shape index (κ1) is 14.9. The van der Waals surface area contributed by atoms with Crippen molar-refractivity contribution in [3.63, 3.8) is 0 Å². The van der Waals surface area contributed by atoms with E-state index in [0.29, 0.717) is 6.54 Å². The molecule has 0 atom stereocenters. The molecule has 0 bridgehead atoms. The minimum Gasteiger partial charge on any atom is -0.481 e. The molecule has 6 heteroatoms. The minimum absolute atomic E-state index is 0.0589. The molecule has 0 saturated heterocycles. The van der Waals surface area contributed by atoms with Crippen molar-refractivity contribution in [2.45, 2.75) is 6.54 Å². The van der Waals surface area contributed by atoms with Gasteiger partial charge in [-0.1, -0.05) is 18.2 Å². The molecular formula is C17H14FN3O2. The maximum Gasteiger partial charge on any atom is 0.258 e. The number of nitrogens with one attached hydrogen (secondary N) is 1. The summed E-state index contributed by atoms with van der Waals surface area (Å²) in [5.41, 5.74) is 2.46. The summed E-state index contributed by atoms with van der Waals surface area (Å²) < 4.78 is 18.5. The Morgan fingerprint density at radius 2 is 1.87 bits per heavy atom. The Morgan fingerprint density at radius 1 is 1.09 bits per heavy atom. The van der Waals surface area contributed by atoms with Gasteiger partial charge in [-0.15, -0.1) is 0 Å². The predicted molar refractivity (Wildman–Crippen MR) is 83.3 cm³/mol. The van der Waals surface area contributed by atoms with Crippen LogP contribution in [-0.2, 0) is 11.3 Å². The molecule has 0 saturated carbocycles. The number of ether oxygens (including phenoxy) is 1. The smallest absolute Gasteiger partial charge is 0.258 e. The fraction of sp³-hybridized carbons (Fsp3) is 0.118. The summed E-state index contributed by atoms with van der Waals surface area (Å²) in [6.07, 6.45) is 3.25. The monoisotopic (exact) mass is 311 g/mol. The fourth-order valence-corrected chi connectivity index (χ4v) is 2.08. The van der Waals surface area contributed by atoms with E-state index in [0.717, 1.165) is 16.6 Å². The second kappa shape index (κ2) is 6.83. The van der Waals surface area contributed by atoms with Gasteiger partial charge in [0.25, 0.3) is 5.91 Å². The van der Waals surface area contributed by atoms with Crippen LogP contribution < -0.4 is 10.1 Å². The number of rotatable bonds is 5. The van der Waals surface area contributed by atoms with Gasteiger partial charge in [0.2, 0.25) is 0 Å². The first-order valence-corrected chi connectivity index (χ1v) is 7.06. The van der Waals surface area contributed by atoms with Crippen molar-refractivity contribution in [1.82, 2.24) is 15.3 Å². The van der Waals surface area contributed by atoms with Crippen LogP contribution in [0.4, 0.5) is 4.39 Å². The highest BCUT2D eigenvalue weighted by Crippen LogP contribution is 2.15. The summed E-state index contributed by atoms with van der Waals surface area (Å²) in [5, 5.41) is 2.72. The lowest BCUT2D eigenvalue weighted by Crippen LogP contribution is -2.28. The molecule has 0 spiro atoms. The lowest BCUT2D eigenvalue weighted by atomic mass is 10.2. The van der Waals surface area contributed by atoms with Gasteiger partial charge in [-0.2, -0.15) is 0 Å². The van der Waals surface area contributed by atoms with Crippen molar-refractivity contribution in [1.29, 1.82) is 0 Å². The first-order valence-electron chi connectivity index (χ1n) is 7.06. The lowest BCUT2D eigenvalue weighted by Gasteiger charge is -2.08. The molecule has 1 aromatic heterocycles. The highest BCUT2D eigenvalue weighted by atomic mass is 19.1. The molecule has 0 unspecified atom stereocenters. The van der Waals surface area contributed by atoms with Crippen LogP contribution in [0.3, 0.4) is 0 Å². The van der Waals surface area contributed by atoms with Crippen LogP contribution in [0.15, 0.2) is 54.9 Å². The number of carbonyl (C=O) groups excluding carboxylic acids is 1. The van der Waals surface area contributed by atoms with E-state index in [1.54, 1.807) is 24.5 Å². The van der Waals surface area contributed by atoms with E-state index in [1.165, 1.54) is 12.1 Å². The zero-order valence-electron chi connectivity index (χ0n) is 12.2. The second-order valence-corrected chi connectivity index (χ2v) is 4.88. The molecule has 0 fully saturated rings. The molecule has 1 heterocycles. The number of aromatic nitrogens is 2. The SMILES string of the molecule is O=C(COc1ccccc1F)NCc1ccc2nccnc2c1. The Bertz CT molecular complexity index is 839. The van der Waals surface area contributed by atoms with Gasteiger partial charge < -0.3 is 10.1 Å². The molecule has 0 radical (unpaired) electrons. The molecule has 0 aliphatic carbocycles. The van der Waals surface area contributed by atoms with Gasteiger partial charge >= 0.3 is 0 Å². The molecule has 1 amide bonds. The zero-order valence-corrected chi connectivity index (χ0v) is 12.2. The highest BCUT2D eigenvalue weighted by Gasteiger charge is 2.06. The van der Waals surface area contributed by atoms with E-state index in [2.05, 4.69) is 15.3 Å². The van der Waals surface area contributed by atoms with Crippen LogP contribution in [0.2, 0.25) is 0 Å². The number of carbonyl (C=O) groups is 1. The van der Waals surface area contributed by atoms with Gasteiger partial charge in [-0.3, -0.25) is 14.8 Å². The molecule has 5 nitrogen and oxygen atoms in total. The normalized spacial score (nSPS) is 10.5. The summed E-state index contributed by atoms with van der Waals surface area (Å²) in [4.78, 5) is 20.2. The largest absolute Gasteiger partial charge is 0.481 e. The van der Waals surface area contributed by atoms with Crippen LogP contribution in [0.5, 0.6) is 5.75 Å². The Kier molecular flexibility index (Phi) is 4.42. The van der Waals surface area contributed by atoms with Gasteiger partial charge in [0.05, 0.1) is 11.0 Å². The van der Waals surface area contributed by atoms with Gasteiger partial charge in [0.1, 0.15) is 0 Å². The number of hydrogen-bond acceptors (Lipinski definition) is 4. The molecule has 3 rings (SSSR count). The summed E-state index contributed by atoms with van der Waals surface area (Å²) in [7, 11) is 0. The third-order valence-electron chi connectivity index (χ3n) is 3.22. The zero-order chi connectivity index (χ0) is 16.1. The van der Waals surface area contributed by atoms with Crippen molar-refractivity contribution in [2.24, 2.45) is 0 Å². The van der Waals surface area contributed by atoms with Crippen molar-refractivity contribution >= 4 is 16.9 Å². The van der Waals surface area contributed by atoms with Crippen LogP contribution in [0.25, 0.3) is 11.0 Å². The molecule has 0 aliphatic heterocycles. The average Bonchev–Trinajstić information content (AvgIpc) is 2.59. The number of nitrogens with zero attached hydrogens (tertiary/aromatic N) is 2. The van der Waals surface area contributed by atoms with Crippen LogP contribution in [-0.4, -0.2) is 22.5 Å². The number of amides is 1. The standard InChI is InChI=1S/C17H14FN3O2/c18-13-3-1-2-4-16(13)23-11-17(22)21-10-12-5-6-14-15(9-12)20-8-7-19-14/h1-9H,10-11H2,(H,21,22). The molecule has 2 aromatic carbocycles. The minimum atomic E-state index is -0.492. The quantitative estimate of drug-likeness (QED) is 0.786. The molecule has 116 valence electrons. The Labute approximate surface area is 132 Å². The first-order chi connectivity index (χ1) is 11.2. The maximum absolute atomic E-state index is 13.4. The number of para-hydroxylation sites is 1. The number of fused-ring (bicyclic) bond motifs is 1. The van der Waals surface area contributed by atoms with Gasteiger partial charge in [-0.25, -0.2) is 4.39 Å². The third kappa shape index (κ3) is 3.79. The Hall–Kier alpha value is -3.02. The van der Waals surface area contributed by atoms with E-state index >= 15 is 0 Å². The number of benzene rings is 2. The van der Waals surface area contributed by atoms with E-state index in [1.807, 2.05) is 18.2 Å². The van der Waals surface area contributed by atoms with Crippen LogP contribution in [0, 0.1) is 5.82 Å². The molecule has 3 aromatic rings. The van der Waals surface area contributed by atoms with E-state index < -0.39 is 5.82 Å². The van der Waals surface area contributed by atoms with Crippen LogP contribution >= 0.6 is 0 Å². The molecule has 0 aliphatic rings. The summed E-state index contributed by atoms with van der Waals surface area (Å²) in [6, 6.07) is 11.5. The Balaban J connectivity index is 1.54. The van der Waals surface area contributed by atoms with Crippen molar-refractivity contribution in [3.05, 3.63) is 66.2 Å².